The van der Waals surface area contributed by atoms with Crippen LogP contribution in [0.2, 0.25) is 0 Å². The third-order valence-corrected chi connectivity index (χ3v) is 23.4. The minimum atomic E-state index is -0.362. The van der Waals surface area contributed by atoms with Crippen LogP contribution in [0.4, 0.5) is 0 Å². The van der Waals surface area contributed by atoms with Gasteiger partial charge < -0.3 is 9.13 Å². The van der Waals surface area contributed by atoms with Crippen LogP contribution in [0.15, 0.2) is 315 Å². The van der Waals surface area contributed by atoms with E-state index < -0.39 is 0 Å². The van der Waals surface area contributed by atoms with Gasteiger partial charge in [0, 0.05) is 97.3 Å². The van der Waals surface area contributed by atoms with Crippen LogP contribution in [0, 0.1) is 0 Å². The summed E-state index contributed by atoms with van der Waals surface area (Å²) in [5, 5.41) is 7.19. The largest absolute Gasteiger partial charge is 0.309 e. The molecule has 8 nitrogen and oxygen atoms in total. The van der Waals surface area contributed by atoms with Crippen molar-refractivity contribution < 1.29 is 0 Å². The number of fused-ring (bicyclic) bond motifs is 17. The molecular formula is C96H64N8S. The van der Waals surface area contributed by atoms with Gasteiger partial charge in [0.25, 0.3) is 0 Å². The number of aromatic nitrogens is 8. The predicted octanol–water partition coefficient (Wildman–Crippen LogP) is 24.6. The minimum absolute atomic E-state index is 0.243. The molecule has 2 aliphatic carbocycles. The van der Waals surface area contributed by atoms with Crippen LogP contribution in [0.5, 0.6) is 0 Å². The van der Waals surface area contributed by atoms with Gasteiger partial charge in [-0.2, -0.15) is 0 Å². The summed E-state index contributed by atoms with van der Waals surface area (Å²) < 4.78 is 7.34. The fourth-order valence-electron chi connectivity index (χ4n) is 17.3. The summed E-state index contributed by atoms with van der Waals surface area (Å²) in [6.45, 7) is 9.53. The molecule has 0 amide bonds. The Kier molecular flexibility index (Phi) is 13.4. The molecule has 0 radical (unpaired) electrons. The number of benzene rings is 14. The van der Waals surface area contributed by atoms with Crippen LogP contribution in [-0.4, -0.2) is 39.0 Å². The number of nitrogens with zero attached hydrogens (tertiary/aromatic N) is 8. The quantitative estimate of drug-likeness (QED) is 0.136. The normalized spacial score (nSPS) is 13.3. The van der Waals surface area contributed by atoms with Gasteiger partial charge >= 0.3 is 0 Å². The van der Waals surface area contributed by atoms with Crippen molar-refractivity contribution in [3.05, 3.63) is 338 Å². The maximum Gasteiger partial charge on any atom is 0.165 e. The van der Waals surface area contributed by atoms with Crippen LogP contribution < -0.4 is 0 Å². The first-order valence-corrected chi connectivity index (χ1v) is 36.7. The Morgan fingerprint density at radius 2 is 0.695 bits per heavy atom. The molecule has 19 aromatic rings. The van der Waals surface area contributed by atoms with Gasteiger partial charge in [-0.1, -0.05) is 282 Å². The summed E-state index contributed by atoms with van der Waals surface area (Å²) in [5.41, 5.74) is 26.2. The van der Waals surface area contributed by atoms with Crippen LogP contribution in [0.1, 0.15) is 49.9 Å². The molecule has 0 N–H and O–H groups in total. The minimum Gasteiger partial charge on any atom is -0.309 e. The van der Waals surface area contributed by atoms with Crippen molar-refractivity contribution >= 4 is 75.1 Å². The molecule has 0 saturated heterocycles. The first-order chi connectivity index (χ1) is 51.6. The summed E-state index contributed by atoms with van der Waals surface area (Å²) >= 11 is 1.78. The lowest BCUT2D eigenvalue weighted by Gasteiger charge is -2.24. The Hall–Kier alpha value is -13.1. The van der Waals surface area contributed by atoms with Gasteiger partial charge in [0.1, 0.15) is 0 Å². The average Bonchev–Trinajstić information content (AvgIpc) is 1.53. The van der Waals surface area contributed by atoms with Gasteiger partial charge in [-0.25, -0.2) is 29.9 Å². The molecule has 9 heteroatoms. The van der Waals surface area contributed by atoms with Gasteiger partial charge in [-0.15, -0.1) is 11.3 Å². The number of thiophene rings is 1. The van der Waals surface area contributed by atoms with Gasteiger partial charge in [0.2, 0.25) is 0 Å². The van der Waals surface area contributed by atoms with Crippen LogP contribution in [0.3, 0.4) is 0 Å². The Labute approximate surface area is 610 Å². The molecule has 2 aliphatic rings. The van der Waals surface area contributed by atoms with E-state index in [9.17, 15) is 0 Å². The Balaban J connectivity index is 0.733. The Bertz CT molecular complexity index is 6840. The van der Waals surface area contributed by atoms with E-state index in [0.717, 1.165) is 93.6 Å². The highest BCUT2D eigenvalue weighted by atomic mass is 32.1. The van der Waals surface area contributed by atoms with E-state index in [-0.39, 0.29) is 10.8 Å². The van der Waals surface area contributed by atoms with Crippen LogP contribution in [-0.2, 0) is 10.8 Å². The first kappa shape index (κ1) is 60.7. The van der Waals surface area contributed by atoms with E-state index in [2.05, 4.69) is 328 Å². The topological polar surface area (TPSA) is 87.2 Å². The molecule has 0 atom stereocenters. The molecule has 0 aliphatic heterocycles. The number of para-hydroxylation sites is 2. The van der Waals surface area contributed by atoms with Gasteiger partial charge in [0.05, 0.1) is 22.1 Å². The third-order valence-electron chi connectivity index (χ3n) is 22.2. The van der Waals surface area contributed by atoms with Crippen LogP contribution >= 0.6 is 11.3 Å². The maximum absolute atomic E-state index is 5.54. The van der Waals surface area contributed by atoms with Crippen molar-refractivity contribution in [3.63, 3.8) is 0 Å². The molecule has 14 aromatic carbocycles. The molecule has 0 bridgehead atoms. The SMILES string of the molecule is CC1(C)c2ccccc2-c2ccc3c4ccccc4n(-c4cccc(-c5nc(-c6ccc(-c7cc8c(c9c7c7ccccc7n9-c7cccc(-c9nc(-c%10ccccc%10)nc(-c%10cccc(-c%11ccccc%11)c%10)n9)c7)C(C)(C)c7ccccc7-8)cc6)nc(-c6cccc7c6sc6ccccc67)n5)c4)c3c21. The molecule has 0 unspecified atom stereocenters. The summed E-state index contributed by atoms with van der Waals surface area (Å²) in [4.78, 5) is 32.4. The highest BCUT2D eigenvalue weighted by molar-refractivity contribution is 7.26. The zero-order valence-corrected chi connectivity index (χ0v) is 58.8. The Morgan fingerprint density at radius 3 is 1.35 bits per heavy atom. The molecule has 5 heterocycles. The zero-order valence-electron chi connectivity index (χ0n) is 58.0. The lowest BCUT2D eigenvalue weighted by atomic mass is 9.80. The predicted molar refractivity (Wildman–Crippen MR) is 433 cm³/mol. The van der Waals surface area contributed by atoms with E-state index in [1.807, 2.05) is 24.3 Å². The summed E-state index contributed by atoms with van der Waals surface area (Å²) in [7, 11) is 0. The van der Waals surface area contributed by atoms with Crippen molar-refractivity contribution in [2.24, 2.45) is 0 Å². The standard InChI is InChI=1S/C96H64N8S/c1-95(2)78-42-16-11-35-67(78)71-51-52-72-69-37-13-18-44-80(69)103(86(72)84(71)95)65-33-22-32-64(54-65)93-99-90(101-94(102-93)75-41-24-40-73-70-38-15-20-46-82(70)105-88(73)75)60-49-47-58(48-50-60)76-56-77-68-36-12-17-43-79(68)96(3,4)85(77)87-83(76)74-39-14-19-45-81(74)104(87)66-34-23-31-63(55-66)92-98-89(59-27-9-6-10-28-59)97-91(100-92)62-30-21-29-61(53-62)57-25-7-5-8-26-57/h5-56H,1-4H3. The molecule has 0 fully saturated rings. The molecular weight excluding hydrogens is 1300 g/mol. The summed E-state index contributed by atoms with van der Waals surface area (Å²) in [5.74, 6) is 3.61. The summed E-state index contributed by atoms with van der Waals surface area (Å²) in [6.07, 6.45) is 0. The second-order valence-corrected chi connectivity index (χ2v) is 29.9. The lowest BCUT2D eigenvalue weighted by Crippen LogP contribution is -2.16. The zero-order chi connectivity index (χ0) is 69.8. The van der Waals surface area contributed by atoms with E-state index in [4.69, 9.17) is 29.9 Å². The highest BCUT2D eigenvalue weighted by Crippen LogP contribution is 2.57. The van der Waals surface area contributed by atoms with Crippen molar-refractivity contribution in [2.75, 3.05) is 0 Å². The first-order valence-electron chi connectivity index (χ1n) is 35.9. The molecule has 105 heavy (non-hydrogen) atoms. The molecule has 0 spiro atoms. The van der Waals surface area contributed by atoms with Crippen molar-refractivity contribution in [1.82, 2.24) is 39.0 Å². The molecule has 21 rings (SSSR count). The van der Waals surface area contributed by atoms with E-state index >= 15 is 0 Å². The monoisotopic (exact) mass is 1360 g/mol. The van der Waals surface area contributed by atoms with Gasteiger partial charge in [-0.3, -0.25) is 0 Å². The highest BCUT2D eigenvalue weighted by Gasteiger charge is 2.41. The second-order valence-electron chi connectivity index (χ2n) is 28.9. The smallest absolute Gasteiger partial charge is 0.165 e. The Morgan fingerprint density at radius 1 is 0.257 bits per heavy atom. The number of rotatable bonds is 10. The maximum atomic E-state index is 5.54. The molecule has 0 saturated carbocycles. The fraction of sp³-hybridized carbons (Fsp3) is 0.0625. The van der Waals surface area contributed by atoms with E-state index in [1.165, 1.54) is 81.7 Å². The van der Waals surface area contributed by atoms with Crippen molar-refractivity contribution in [1.29, 1.82) is 0 Å². The lowest BCUT2D eigenvalue weighted by molar-refractivity contribution is 0.663. The molecule has 5 aromatic heterocycles. The fourth-order valence-corrected chi connectivity index (χ4v) is 18.6. The number of hydrogen-bond donors (Lipinski definition) is 0. The van der Waals surface area contributed by atoms with Crippen LogP contribution in [0.25, 0.3) is 188 Å². The van der Waals surface area contributed by atoms with Crippen molar-refractivity contribution in [2.45, 2.75) is 38.5 Å². The van der Waals surface area contributed by atoms with Crippen molar-refractivity contribution in [3.8, 4) is 124 Å². The van der Waals surface area contributed by atoms with E-state index in [0.29, 0.717) is 34.9 Å². The number of hydrogen-bond acceptors (Lipinski definition) is 7. The summed E-state index contributed by atoms with van der Waals surface area (Å²) in [6, 6.07) is 114. The third kappa shape index (κ3) is 9.37. The second kappa shape index (κ2) is 23.2. The van der Waals surface area contributed by atoms with E-state index in [1.54, 1.807) is 11.3 Å². The van der Waals surface area contributed by atoms with Gasteiger partial charge in [-0.05, 0) is 127 Å². The average molecular weight is 1360 g/mol. The molecule has 494 valence electrons. The van der Waals surface area contributed by atoms with Gasteiger partial charge in [0.15, 0.2) is 34.9 Å².